The number of nitro benzene ring substituents is 1. The van der Waals surface area contributed by atoms with Gasteiger partial charge in [0.05, 0.1) is 11.5 Å². The number of hydrogen-bond donors (Lipinski definition) is 3. The molecule has 1 aliphatic heterocycles. The van der Waals surface area contributed by atoms with Crippen LogP contribution in [-0.2, 0) is 4.79 Å². The Balaban J connectivity index is 1.81. The summed E-state index contributed by atoms with van der Waals surface area (Å²) < 4.78 is 0. The van der Waals surface area contributed by atoms with Gasteiger partial charge in [-0.3, -0.25) is 19.8 Å². The molecule has 1 fully saturated rings. The number of anilines is 1. The predicted molar refractivity (Wildman–Crippen MR) is 83.9 cm³/mol. The van der Waals surface area contributed by atoms with Crippen LogP contribution in [0.4, 0.5) is 16.2 Å². The lowest BCUT2D eigenvalue weighted by molar-refractivity contribution is -0.384. The molecule has 0 aliphatic carbocycles. The zero-order valence-corrected chi connectivity index (χ0v) is 12.5. The normalized spacial score (nSPS) is 15.8. The summed E-state index contributed by atoms with van der Waals surface area (Å²) in [5.41, 5.74) is 5.43. The SMILES string of the molecule is NC(=O)CN1CCC(NC(=O)Nc2cccc([N+](=O)[O-])c2)CC1. The van der Waals surface area contributed by atoms with Gasteiger partial charge in [0.1, 0.15) is 0 Å². The van der Waals surface area contributed by atoms with Crippen LogP contribution in [0.15, 0.2) is 24.3 Å². The van der Waals surface area contributed by atoms with Crippen molar-refractivity contribution in [2.45, 2.75) is 18.9 Å². The van der Waals surface area contributed by atoms with Crippen molar-refractivity contribution in [2.75, 3.05) is 25.0 Å². The first-order valence-electron chi connectivity index (χ1n) is 7.26. The van der Waals surface area contributed by atoms with Crippen molar-refractivity contribution in [2.24, 2.45) is 5.73 Å². The number of hydrogen-bond acceptors (Lipinski definition) is 5. The lowest BCUT2D eigenvalue weighted by atomic mass is 10.1. The molecule has 0 atom stereocenters. The van der Waals surface area contributed by atoms with Crippen molar-refractivity contribution in [3.05, 3.63) is 34.4 Å². The van der Waals surface area contributed by atoms with Crippen LogP contribution in [-0.4, -0.2) is 47.4 Å². The molecule has 1 aliphatic rings. The van der Waals surface area contributed by atoms with E-state index in [-0.39, 0.29) is 24.2 Å². The molecule has 1 aromatic rings. The number of nitrogens with two attached hydrogens (primary N) is 1. The fourth-order valence-corrected chi connectivity index (χ4v) is 2.51. The number of non-ortho nitro benzene ring substituents is 1. The zero-order chi connectivity index (χ0) is 16.8. The number of nitro groups is 1. The molecule has 1 aromatic carbocycles. The van der Waals surface area contributed by atoms with Crippen molar-refractivity contribution < 1.29 is 14.5 Å². The van der Waals surface area contributed by atoms with Crippen LogP contribution in [0.2, 0.25) is 0 Å². The minimum absolute atomic E-state index is 0.00201. The standard InChI is InChI=1S/C14H19N5O4/c15-13(20)9-18-6-4-10(5-7-18)16-14(21)17-11-2-1-3-12(8-11)19(22)23/h1-3,8,10H,4-7,9H2,(H2,15,20)(H2,16,17,21). The van der Waals surface area contributed by atoms with Gasteiger partial charge in [-0.25, -0.2) is 4.79 Å². The number of urea groups is 1. The molecule has 0 radical (unpaired) electrons. The minimum atomic E-state index is -0.516. The molecule has 3 amide bonds. The van der Waals surface area contributed by atoms with E-state index in [1.54, 1.807) is 6.07 Å². The summed E-state index contributed by atoms with van der Waals surface area (Å²) >= 11 is 0. The first-order chi connectivity index (χ1) is 10.9. The Kier molecular flexibility index (Phi) is 5.47. The molecule has 1 saturated heterocycles. The second-order valence-electron chi connectivity index (χ2n) is 5.42. The highest BCUT2D eigenvalue weighted by atomic mass is 16.6. The van der Waals surface area contributed by atoms with Gasteiger partial charge in [-0.15, -0.1) is 0 Å². The van der Waals surface area contributed by atoms with E-state index >= 15 is 0 Å². The number of primary amides is 1. The van der Waals surface area contributed by atoms with Gasteiger partial charge in [0.2, 0.25) is 5.91 Å². The molecule has 23 heavy (non-hydrogen) atoms. The van der Waals surface area contributed by atoms with Crippen LogP contribution in [0.3, 0.4) is 0 Å². The van der Waals surface area contributed by atoms with Crippen molar-refractivity contribution in [3.63, 3.8) is 0 Å². The molecule has 9 heteroatoms. The molecule has 124 valence electrons. The number of likely N-dealkylation sites (tertiary alicyclic amines) is 1. The summed E-state index contributed by atoms with van der Waals surface area (Å²) in [6, 6.07) is 5.35. The van der Waals surface area contributed by atoms with E-state index in [4.69, 9.17) is 5.73 Å². The molecule has 0 saturated carbocycles. The second kappa shape index (κ2) is 7.54. The number of rotatable bonds is 5. The highest BCUT2D eigenvalue weighted by Crippen LogP contribution is 2.17. The Morgan fingerprint density at radius 2 is 2.04 bits per heavy atom. The second-order valence-corrected chi connectivity index (χ2v) is 5.42. The number of benzene rings is 1. The quantitative estimate of drug-likeness (QED) is 0.542. The van der Waals surface area contributed by atoms with Gasteiger partial charge in [-0.2, -0.15) is 0 Å². The molecule has 0 aromatic heterocycles. The van der Waals surface area contributed by atoms with E-state index in [9.17, 15) is 19.7 Å². The lowest BCUT2D eigenvalue weighted by Gasteiger charge is -2.31. The smallest absolute Gasteiger partial charge is 0.319 e. The summed E-state index contributed by atoms with van der Waals surface area (Å²) in [4.78, 5) is 34.9. The van der Waals surface area contributed by atoms with Gasteiger partial charge in [-0.05, 0) is 18.9 Å². The monoisotopic (exact) mass is 321 g/mol. The maximum Gasteiger partial charge on any atom is 0.319 e. The Labute approximate surface area is 133 Å². The van der Waals surface area contributed by atoms with Crippen LogP contribution in [0.5, 0.6) is 0 Å². The first kappa shape index (κ1) is 16.7. The van der Waals surface area contributed by atoms with E-state index < -0.39 is 11.0 Å². The van der Waals surface area contributed by atoms with Crippen LogP contribution in [0.1, 0.15) is 12.8 Å². The average Bonchev–Trinajstić information content (AvgIpc) is 2.49. The lowest BCUT2D eigenvalue weighted by Crippen LogP contribution is -2.47. The van der Waals surface area contributed by atoms with E-state index in [1.807, 2.05) is 4.90 Å². The Bertz CT molecular complexity index is 599. The zero-order valence-electron chi connectivity index (χ0n) is 12.5. The molecular formula is C14H19N5O4. The maximum atomic E-state index is 11.9. The third kappa shape index (κ3) is 5.22. The first-order valence-corrected chi connectivity index (χ1v) is 7.26. The Hall–Kier alpha value is -2.68. The van der Waals surface area contributed by atoms with Crippen LogP contribution < -0.4 is 16.4 Å². The van der Waals surface area contributed by atoms with E-state index in [0.717, 1.165) is 12.8 Å². The molecule has 0 spiro atoms. The molecule has 2 rings (SSSR count). The van der Waals surface area contributed by atoms with Crippen LogP contribution in [0, 0.1) is 10.1 Å². The van der Waals surface area contributed by atoms with Crippen molar-refractivity contribution in [3.8, 4) is 0 Å². The molecule has 4 N–H and O–H groups in total. The third-order valence-electron chi connectivity index (χ3n) is 3.62. The molecule has 0 unspecified atom stereocenters. The number of nitrogens with one attached hydrogen (secondary N) is 2. The number of amides is 3. The number of carbonyl (C=O) groups excluding carboxylic acids is 2. The Morgan fingerprint density at radius 1 is 1.35 bits per heavy atom. The summed E-state index contributed by atoms with van der Waals surface area (Å²) in [6.07, 6.45) is 1.44. The van der Waals surface area contributed by atoms with E-state index in [1.165, 1.54) is 18.2 Å². The van der Waals surface area contributed by atoms with Crippen molar-refractivity contribution >= 4 is 23.3 Å². The van der Waals surface area contributed by atoms with E-state index in [2.05, 4.69) is 10.6 Å². The van der Waals surface area contributed by atoms with Gasteiger partial charge in [0.25, 0.3) is 5.69 Å². The molecule has 9 nitrogen and oxygen atoms in total. The van der Waals surface area contributed by atoms with Crippen molar-refractivity contribution in [1.29, 1.82) is 0 Å². The number of piperidine rings is 1. The van der Waals surface area contributed by atoms with Gasteiger partial charge in [0, 0.05) is 37.0 Å². The maximum absolute atomic E-state index is 11.9. The van der Waals surface area contributed by atoms with Crippen LogP contribution >= 0.6 is 0 Å². The summed E-state index contributed by atoms with van der Waals surface area (Å²) in [5.74, 6) is -0.361. The number of nitrogens with zero attached hydrogens (tertiary/aromatic N) is 2. The minimum Gasteiger partial charge on any atom is -0.369 e. The number of carbonyl (C=O) groups is 2. The summed E-state index contributed by atoms with van der Waals surface area (Å²) in [7, 11) is 0. The molecule has 1 heterocycles. The highest BCUT2D eigenvalue weighted by Gasteiger charge is 2.21. The van der Waals surface area contributed by atoms with Gasteiger partial charge in [-0.1, -0.05) is 6.07 Å². The third-order valence-corrected chi connectivity index (χ3v) is 3.62. The van der Waals surface area contributed by atoms with Gasteiger partial charge < -0.3 is 16.4 Å². The van der Waals surface area contributed by atoms with Crippen LogP contribution in [0.25, 0.3) is 0 Å². The fraction of sp³-hybridized carbons (Fsp3) is 0.429. The summed E-state index contributed by atoms with van der Waals surface area (Å²) in [6.45, 7) is 1.60. The summed E-state index contributed by atoms with van der Waals surface area (Å²) in [5, 5.41) is 16.1. The molecular weight excluding hydrogens is 302 g/mol. The topological polar surface area (TPSA) is 131 Å². The predicted octanol–water partition coefficient (Wildman–Crippen LogP) is 0.666. The highest BCUT2D eigenvalue weighted by molar-refractivity contribution is 5.89. The van der Waals surface area contributed by atoms with Gasteiger partial charge >= 0.3 is 6.03 Å². The largest absolute Gasteiger partial charge is 0.369 e. The van der Waals surface area contributed by atoms with E-state index in [0.29, 0.717) is 18.8 Å². The average molecular weight is 321 g/mol. The van der Waals surface area contributed by atoms with Gasteiger partial charge in [0.15, 0.2) is 0 Å². The Morgan fingerprint density at radius 3 is 2.65 bits per heavy atom. The molecule has 0 bridgehead atoms. The van der Waals surface area contributed by atoms with Crippen molar-refractivity contribution in [1.82, 2.24) is 10.2 Å². The fourth-order valence-electron chi connectivity index (χ4n) is 2.51.